The van der Waals surface area contributed by atoms with Crippen molar-refractivity contribution in [1.82, 2.24) is 9.97 Å². The SMILES string of the molecule is CCCC1CC(c2ccc(-c3nc(-c4ccccc4)c(C)[nH]3)o2)=CC=C1F. The Balaban J connectivity index is 1.61. The second kappa shape index (κ2) is 7.39. The number of rotatable bonds is 5. The first-order valence-electron chi connectivity index (χ1n) is 9.44. The number of nitrogens with one attached hydrogen (secondary N) is 1. The van der Waals surface area contributed by atoms with Gasteiger partial charge in [-0.2, -0.15) is 0 Å². The molecule has 0 saturated heterocycles. The lowest BCUT2D eigenvalue weighted by molar-refractivity contribution is 0.435. The zero-order valence-electron chi connectivity index (χ0n) is 15.6. The fourth-order valence-electron chi connectivity index (χ4n) is 3.61. The normalized spacial score (nSPS) is 16.9. The zero-order chi connectivity index (χ0) is 18.8. The van der Waals surface area contributed by atoms with Gasteiger partial charge >= 0.3 is 0 Å². The van der Waals surface area contributed by atoms with Gasteiger partial charge in [-0.25, -0.2) is 9.37 Å². The van der Waals surface area contributed by atoms with Crippen LogP contribution in [0, 0.1) is 12.8 Å². The lowest BCUT2D eigenvalue weighted by Gasteiger charge is -2.18. The first-order chi connectivity index (χ1) is 13.2. The van der Waals surface area contributed by atoms with Crippen molar-refractivity contribution in [2.24, 2.45) is 5.92 Å². The molecule has 1 aliphatic rings. The van der Waals surface area contributed by atoms with E-state index in [2.05, 4.69) is 11.9 Å². The summed E-state index contributed by atoms with van der Waals surface area (Å²) in [6.45, 7) is 4.09. The number of nitrogens with zero attached hydrogens (tertiary/aromatic N) is 1. The molecule has 0 bridgehead atoms. The molecular formula is C23H23FN2O. The molecular weight excluding hydrogens is 339 g/mol. The summed E-state index contributed by atoms with van der Waals surface area (Å²) in [6, 6.07) is 14.0. The van der Waals surface area contributed by atoms with Crippen LogP contribution in [0.5, 0.6) is 0 Å². The third-order valence-electron chi connectivity index (χ3n) is 5.03. The van der Waals surface area contributed by atoms with Crippen molar-refractivity contribution in [2.45, 2.75) is 33.1 Å². The average molecular weight is 362 g/mol. The van der Waals surface area contributed by atoms with Gasteiger partial charge in [0.05, 0.1) is 5.69 Å². The number of imidazole rings is 1. The topological polar surface area (TPSA) is 41.8 Å². The molecule has 1 atom stereocenters. The van der Waals surface area contributed by atoms with Gasteiger partial charge in [0, 0.05) is 17.2 Å². The molecule has 0 fully saturated rings. The van der Waals surface area contributed by atoms with E-state index in [0.29, 0.717) is 18.0 Å². The van der Waals surface area contributed by atoms with Crippen molar-refractivity contribution < 1.29 is 8.81 Å². The molecule has 3 nitrogen and oxygen atoms in total. The van der Waals surface area contributed by atoms with Crippen LogP contribution in [0.25, 0.3) is 28.4 Å². The molecule has 27 heavy (non-hydrogen) atoms. The fraction of sp³-hybridized carbons (Fsp3) is 0.261. The van der Waals surface area contributed by atoms with Crippen molar-refractivity contribution in [1.29, 1.82) is 0 Å². The lowest BCUT2D eigenvalue weighted by atomic mass is 9.89. The van der Waals surface area contributed by atoms with Crippen LogP contribution < -0.4 is 0 Å². The highest BCUT2D eigenvalue weighted by atomic mass is 19.1. The summed E-state index contributed by atoms with van der Waals surface area (Å²) >= 11 is 0. The molecule has 1 unspecified atom stereocenters. The maximum absolute atomic E-state index is 14.0. The molecule has 2 heterocycles. The van der Waals surface area contributed by atoms with Gasteiger partial charge in [0.25, 0.3) is 0 Å². The molecule has 4 heteroatoms. The van der Waals surface area contributed by atoms with Gasteiger partial charge in [-0.05, 0) is 43.5 Å². The quantitative estimate of drug-likeness (QED) is 0.548. The number of H-pyrrole nitrogens is 1. The number of aryl methyl sites for hydroxylation is 1. The number of hydrogen-bond acceptors (Lipinski definition) is 2. The number of allylic oxidation sites excluding steroid dienone is 4. The molecule has 2 aromatic heterocycles. The van der Waals surface area contributed by atoms with Gasteiger partial charge in [-0.3, -0.25) is 0 Å². The Morgan fingerprint density at radius 3 is 2.67 bits per heavy atom. The van der Waals surface area contributed by atoms with Crippen LogP contribution in [0.15, 0.2) is 64.9 Å². The van der Waals surface area contributed by atoms with E-state index in [-0.39, 0.29) is 11.7 Å². The summed E-state index contributed by atoms with van der Waals surface area (Å²) in [5.74, 6) is 2.12. The Morgan fingerprint density at radius 1 is 1.11 bits per heavy atom. The van der Waals surface area contributed by atoms with Crippen molar-refractivity contribution in [3.8, 4) is 22.8 Å². The Bertz CT molecular complexity index is 995. The Morgan fingerprint density at radius 2 is 1.89 bits per heavy atom. The van der Waals surface area contributed by atoms with Gasteiger partial charge in [0.2, 0.25) is 0 Å². The van der Waals surface area contributed by atoms with Crippen LogP contribution in [-0.4, -0.2) is 9.97 Å². The van der Waals surface area contributed by atoms with Crippen LogP contribution in [0.1, 0.15) is 37.6 Å². The third-order valence-corrected chi connectivity index (χ3v) is 5.03. The highest BCUT2D eigenvalue weighted by Gasteiger charge is 2.22. The largest absolute Gasteiger partial charge is 0.453 e. The molecule has 0 radical (unpaired) electrons. The van der Waals surface area contributed by atoms with Gasteiger partial charge in [-0.15, -0.1) is 0 Å². The molecule has 0 aliphatic heterocycles. The first kappa shape index (κ1) is 17.5. The minimum atomic E-state index is -0.0425. The Hall–Kier alpha value is -2.88. The number of hydrogen-bond donors (Lipinski definition) is 1. The van der Waals surface area contributed by atoms with Crippen molar-refractivity contribution >= 4 is 5.57 Å². The molecule has 3 aromatic rings. The van der Waals surface area contributed by atoms with E-state index in [1.807, 2.05) is 55.5 Å². The lowest BCUT2D eigenvalue weighted by Crippen LogP contribution is -2.05. The summed E-state index contributed by atoms with van der Waals surface area (Å²) in [5, 5.41) is 0. The molecule has 0 saturated carbocycles. The monoisotopic (exact) mass is 362 g/mol. The highest BCUT2D eigenvalue weighted by molar-refractivity contribution is 5.69. The van der Waals surface area contributed by atoms with Gasteiger partial charge in [0.1, 0.15) is 11.6 Å². The van der Waals surface area contributed by atoms with E-state index < -0.39 is 0 Å². The third kappa shape index (κ3) is 3.52. The second-order valence-electron chi connectivity index (χ2n) is 7.02. The van der Waals surface area contributed by atoms with E-state index in [1.165, 1.54) is 0 Å². The summed E-state index contributed by atoms with van der Waals surface area (Å²) < 4.78 is 20.0. The summed E-state index contributed by atoms with van der Waals surface area (Å²) in [4.78, 5) is 8.04. The number of furan rings is 1. The summed E-state index contributed by atoms with van der Waals surface area (Å²) in [5.41, 5.74) is 4.03. The first-order valence-corrected chi connectivity index (χ1v) is 9.44. The number of aromatic nitrogens is 2. The number of halogens is 1. The van der Waals surface area contributed by atoms with Gasteiger partial charge in [0.15, 0.2) is 11.6 Å². The second-order valence-corrected chi connectivity index (χ2v) is 7.02. The van der Waals surface area contributed by atoms with E-state index in [9.17, 15) is 4.39 Å². The van der Waals surface area contributed by atoms with Gasteiger partial charge in [-0.1, -0.05) is 49.8 Å². The smallest absolute Gasteiger partial charge is 0.174 e. The predicted molar refractivity (Wildman–Crippen MR) is 107 cm³/mol. The van der Waals surface area contributed by atoms with Crippen LogP contribution in [0.3, 0.4) is 0 Å². The van der Waals surface area contributed by atoms with E-state index >= 15 is 0 Å². The molecule has 138 valence electrons. The van der Waals surface area contributed by atoms with Crippen LogP contribution in [-0.2, 0) is 0 Å². The molecule has 0 amide bonds. The van der Waals surface area contributed by atoms with Crippen LogP contribution in [0.4, 0.5) is 4.39 Å². The van der Waals surface area contributed by atoms with E-state index in [1.54, 1.807) is 6.08 Å². The Kier molecular flexibility index (Phi) is 4.80. The Labute approximate surface area is 158 Å². The van der Waals surface area contributed by atoms with E-state index in [0.717, 1.165) is 41.1 Å². The van der Waals surface area contributed by atoms with E-state index in [4.69, 9.17) is 9.40 Å². The van der Waals surface area contributed by atoms with Gasteiger partial charge < -0.3 is 9.40 Å². The standard InChI is InChI=1S/C23H23FN2O/c1-3-7-17-14-18(10-11-19(17)24)20-12-13-21(27-20)23-25-15(2)22(26-23)16-8-5-4-6-9-16/h4-6,8-13,17H,3,7,14H2,1-2H3,(H,25,26). The maximum atomic E-state index is 14.0. The van der Waals surface area contributed by atoms with Crippen LogP contribution >= 0.6 is 0 Å². The molecule has 1 aliphatic carbocycles. The summed E-state index contributed by atoms with van der Waals surface area (Å²) in [6.07, 6.45) is 5.90. The van der Waals surface area contributed by atoms with Crippen molar-refractivity contribution in [3.63, 3.8) is 0 Å². The molecule has 4 rings (SSSR count). The molecule has 1 aromatic carbocycles. The maximum Gasteiger partial charge on any atom is 0.174 e. The van der Waals surface area contributed by atoms with Crippen molar-refractivity contribution in [2.75, 3.05) is 0 Å². The molecule has 1 N–H and O–H groups in total. The van der Waals surface area contributed by atoms with Crippen molar-refractivity contribution in [3.05, 3.63) is 71.9 Å². The fourth-order valence-corrected chi connectivity index (χ4v) is 3.61. The minimum absolute atomic E-state index is 0.0264. The van der Waals surface area contributed by atoms with Crippen LogP contribution in [0.2, 0.25) is 0 Å². The number of benzene rings is 1. The minimum Gasteiger partial charge on any atom is -0.453 e. The molecule has 0 spiro atoms. The average Bonchev–Trinajstić information content (AvgIpc) is 3.31. The predicted octanol–water partition coefficient (Wildman–Crippen LogP) is 6.70. The highest BCUT2D eigenvalue weighted by Crippen LogP contribution is 2.36. The number of aromatic amines is 1. The summed E-state index contributed by atoms with van der Waals surface area (Å²) in [7, 11) is 0. The zero-order valence-corrected chi connectivity index (χ0v) is 15.6.